The number of anilines is 1. The number of nitro benzene ring substituents is 1. The SMILES string of the molecule is O=C(Nc1cc(Oc2ccc(F)cc2)cc([N+](=O)[O-])c1)c1cccs1. The molecule has 0 bridgehead atoms. The van der Waals surface area contributed by atoms with E-state index in [0.29, 0.717) is 10.6 Å². The zero-order chi connectivity index (χ0) is 17.8. The Morgan fingerprint density at radius 1 is 1.12 bits per heavy atom. The van der Waals surface area contributed by atoms with Gasteiger partial charge in [0, 0.05) is 12.1 Å². The minimum Gasteiger partial charge on any atom is -0.457 e. The lowest BCUT2D eigenvalue weighted by molar-refractivity contribution is -0.384. The average Bonchev–Trinajstić information content (AvgIpc) is 3.11. The van der Waals surface area contributed by atoms with Gasteiger partial charge in [-0.15, -0.1) is 11.3 Å². The fraction of sp³-hybridized carbons (Fsp3) is 0. The Labute approximate surface area is 145 Å². The molecular weight excluding hydrogens is 347 g/mol. The normalized spacial score (nSPS) is 10.3. The Hall–Kier alpha value is -3.26. The minimum absolute atomic E-state index is 0.155. The van der Waals surface area contributed by atoms with E-state index < -0.39 is 10.7 Å². The Morgan fingerprint density at radius 2 is 1.88 bits per heavy atom. The van der Waals surface area contributed by atoms with Gasteiger partial charge < -0.3 is 10.1 Å². The van der Waals surface area contributed by atoms with E-state index in [4.69, 9.17) is 4.74 Å². The third-order valence-corrected chi connectivity index (χ3v) is 4.02. The van der Waals surface area contributed by atoms with Crippen molar-refractivity contribution in [3.05, 3.63) is 80.8 Å². The van der Waals surface area contributed by atoms with Crippen molar-refractivity contribution < 1.29 is 18.8 Å². The molecule has 0 aliphatic carbocycles. The molecule has 126 valence electrons. The highest BCUT2D eigenvalue weighted by Crippen LogP contribution is 2.30. The summed E-state index contributed by atoms with van der Waals surface area (Å²) in [4.78, 5) is 23.1. The molecule has 0 radical (unpaired) electrons. The maximum atomic E-state index is 12.9. The van der Waals surface area contributed by atoms with E-state index in [9.17, 15) is 19.3 Å². The lowest BCUT2D eigenvalue weighted by atomic mass is 10.2. The van der Waals surface area contributed by atoms with E-state index in [1.54, 1.807) is 17.5 Å². The van der Waals surface area contributed by atoms with Gasteiger partial charge in [0.05, 0.1) is 21.6 Å². The molecular formula is C17H11FN2O4S. The third-order valence-electron chi connectivity index (χ3n) is 3.15. The van der Waals surface area contributed by atoms with Crippen LogP contribution < -0.4 is 10.1 Å². The van der Waals surface area contributed by atoms with Crippen LogP contribution in [0.2, 0.25) is 0 Å². The number of hydrogen-bond donors (Lipinski definition) is 1. The van der Waals surface area contributed by atoms with Crippen molar-refractivity contribution in [1.82, 2.24) is 0 Å². The Balaban J connectivity index is 1.87. The molecule has 6 nitrogen and oxygen atoms in total. The molecule has 0 saturated heterocycles. The van der Waals surface area contributed by atoms with Crippen LogP contribution in [-0.4, -0.2) is 10.8 Å². The number of hydrogen-bond acceptors (Lipinski definition) is 5. The number of halogens is 1. The van der Waals surface area contributed by atoms with Crippen LogP contribution in [0.15, 0.2) is 60.0 Å². The van der Waals surface area contributed by atoms with Gasteiger partial charge in [-0.25, -0.2) is 4.39 Å². The van der Waals surface area contributed by atoms with Gasteiger partial charge in [0.25, 0.3) is 11.6 Å². The van der Waals surface area contributed by atoms with Crippen LogP contribution in [0.4, 0.5) is 15.8 Å². The van der Waals surface area contributed by atoms with Crippen molar-refractivity contribution in [2.45, 2.75) is 0 Å². The summed E-state index contributed by atoms with van der Waals surface area (Å²) >= 11 is 1.26. The molecule has 0 atom stereocenters. The molecule has 3 rings (SSSR count). The third kappa shape index (κ3) is 4.18. The van der Waals surface area contributed by atoms with Crippen LogP contribution >= 0.6 is 11.3 Å². The summed E-state index contributed by atoms with van der Waals surface area (Å²) in [5, 5.41) is 15.5. The maximum absolute atomic E-state index is 12.9. The van der Waals surface area contributed by atoms with Gasteiger partial charge in [-0.3, -0.25) is 14.9 Å². The van der Waals surface area contributed by atoms with Crippen LogP contribution in [0.3, 0.4) is 0 Å². The number of amides is 1. The van der Waals surface area contributed by atoms with E-state index in [0.717, 1.165) is 0 Å². The van der Waals surface area contributed by atoms with Gasteiger partial charge in [-0.05, 0) is 35.7 Å². The predicted molar refractivity (Wildman–Crippen MR) is 91.8 cm³/mol. The maximum Gasteiger partial charge on any atom is 0.275 e. The standard InChI is InChI=1S/C17H11FN2O4S/c18-11-3-5-14(6-4-11)24-15-9-12(8-13(10-15)20(22)23)19-17(21)16-2-1-7-25-16/h1-10H,(H,19,21). The molecule has 25 heavy (non-hydrogen) atoms. The Morgan fingerprint density at radius 3 is 2.52 bits per heavy atom. The van der Waals surface area contributed by atoms with Crippen molar-refractivity contribution in [1.29, 1.82) is 0 Å². The number of non-ortho nitro benzene ring substituents is 1. The summed E-state index contributed by atoms with van der Waals surface area (Å²) in [6, 6.07) is 12.5. The van der Waals surface area contributed by atoms with Gasteiger partial charge in [-0.1, -0.05) is 6.07 Å². The highest BCUT2D eigenvalue weighted by Gasteiger charge is 2.14. The molecule has 8 heteroatoms. The highest BCUT2D eigenvalue weighted by atomic mass is 32.1. The molecule has 2 aromatic carbocycles. The summed E-state index contributed by atoms with van der Waals surface area (Å²) in [5.41, 5.74) is -0.00852. The van der Waals surface area contributed by atoms with E-state index in [1.165, 1.54) is 53.8 Å². The number of rotatable bonds is 5. The van der Waals surface area contributed by atoms with Gasteiger partial charge in [0.15, 0.2) is 0 Å². The Bertz CT molecular complexity index is 911. The second kappa shape index (κ2) is 7.10. The molecule has 3 aromatic rings. The first-order valence-corrected chi connectivity index (χ1v) is 7.97. The first kappa shape index (κ1) is 16.6. The first-order valence-electron chi connectivity index (χ1n) is 7.09. The monoisotopic (exact) mass is 358 g/mol. The molecule has 0 saturated carbocycles. The van der Waals surface area contributed by atoms with Crippen molar-refractivity contribution in [2.24, 2.45) is 0 Å². The summed E-state index contributed by atoms with van der Waals surface area (Å²) in [5.74, 6) is -0.321. The zero-order valence-electron chi connectivity index (χ0n) is 12.6. The highest BCUT2D eigenvalue weighted by molar-refractivity contribution is 7.12. The molecule has 1 amide bonds. The van der Waals surface area contributed by atoms with E-state index >= 15 is 0 Å². The van der Waals surface area contributed by atoms with Crippen LogP contribution in [0.25, 0.3) is 0 Å². The zero-order valence-corrected chi connectivity index (χ0v) is 13.5. The summed E-state index contributed by atoms with van der Waals surface area (Å²) in [6.07, 6.45) is 0. The largest absolute Gasteiger partial charge is 0.457 e. The van der Waals surface area contributed by atoms with Crippen molar-refractivity contribution in [3.63, 3.8) is 0 Å². The average molecular weight is 358 g/mol. The summed E-state index contributed by atoms with van der Waals surface area (Å²) < 4.78 is 18.5. The van der Waals surface area contributed by atoms with Crippen molar-refractivity contribution >= 4 is 28.6 Å². The number of thiophene rings is 1. The topological polar surface area (TPSA) is 81.5 Å². The van der Waals surface area contributed by atoms with Crippen LogP contribution in [0.5, 0.6) is 11.5 Å². The van der Waals surface area contributed by atoms with E-state index in [1.807, 2.05) is 0 Å². The number of nitrogens with one attached hydrogen (secondary N) is 1. The number of benzene rings is 2. The molecule has 1 N–H and O–H groups in total. The molecule has 0 aliphatic heterocycles. The summed E-state index contributed by atoms with van der Waals surface area (Å²) in [6.45, 7) is 0. The number of carbonyl (C=O) groups excluding carboxylic acids is 1. The number of nitrogens with zero attached hydrogens (tertiary/aromatic N) is 1. The second-order valence-electron chi connectivity index (χ2n) is 4.96. The lowest BCUT2D eigenvalue weighted by Gasteiger charge is -2.09. The van der Waals surface area contributed by atoms with Crippen LogP contribution in [0, 0.1) is 15.9 Å². The molecule has 0 fully saturated rings. The predicted octanol–water partition coefficient (Wildman–Crippen LogP) is 4.84. The number of nitro groups is 1. The summed E-state index contributed by atoms with van der Waals surface area (Å²) in [7, 11) is 0. The van der Waals surface area contributed by atoms with E-state index in [2.05, 4.69) is 5.32 Å². The van der Waals surface area contributed by atoms with Gasteiger partial charge in [-0.2, -0.15) is 0 Å². The van der Waals surface area contributed by atoms with Crippen LogP contribution in [-0.2, 0) is 0 Å². The quantitative estimate of drug-likeness (QED) is 0.523. The Kier molecular flexibility index (Phi) is 4.71. The van der Waals surface area contributed by atoms with Gasteiger partial charge in [0.2, 0.25) is 0 Å². The lowest BCUT2D eigenvalue weighted by Crippen LogP contribution is -2.10. The minimum atomic E-state index is -0.585. The molecule has 1 aromatic heterocycles. The molecule has 0 aliphatic rings. The second-order valence-corrected chi connectivity index (χ2v) is 5.91. The molecule has 0 unspecified atom stereocenters. The van der Waals surface area contributed by atoms with Crippen LogP contribution in [0.1, 0.15) is 9.67 Å². The molecule has 0 spiro atoms. The fourth-order valence-electron chi connectivity index (χ4n) is 2.06. The van der Waals surface area contributed by atoms with Gasteiger partial charge >= 0.3 is 0 Å². The fourth-order valence-corrected chi connectivity index (χ4v) is 2.68. The van der Waals surface area contributed by atoms with Gasteiger partial charge in [0.1, 0.15) is 17.3 Å². The van der Waals surface area contributed by atoms with Crippen molar-refractivity contribution in [2.75, 3.05) is 5.32 Å². The number of carbonyl (C=O) groups is 1. The number of ether oxygens (including phenoxy) is 1. The van der Waals surface area contributed by atoms with E-state index in [-0.39, 0.29) is 23.0 Å². The van der Waals surface area contributed by atoms with Crippen molar-refractivity contribution in [3.8, 4) is 11.5 Å². The first-order chi connectivity index (χ1) is 12.0. The molecule has 1 heterocycles. The smallest absolute Gasteiger partial charge is 0.275 e.